The van der Waals surface area contributed by atoms with Crippen LogP contribution in [0.1, 0.15) is 27.6 Å². The van der Waals surface area contributed by atoms with Gasteiger partial charge in [-0.1, -0.05) is 5.16 Å². The number of nitrogens with zero attached hydrogens (tertiary/aromatic N) is 7. The minimum absolute atomic E-state index is 0.0274. The Kier molecular flexibility index (Phi) is 3.63. The van der Waals surface area contributed by atoms with Crippen molar-refractivity contribution in [2.24, 2.45) is 0 Å². The monoisotopic (exact) mass is 341 g/mol. The molecule has 0 N–H and O–H groups in total. The molecule has 0 unspecified atom stereocenters. The summed E-state index contributed by atoms with van der Waals surface area (Å²) in [6.45, 7) is 8.06. The molecule has 0 radical (unpaired) electrons. The largest absolute Gasteiger partial charge is 0.361 e. The molecule has 130 valence electrons. The molecular formula is C16H19N7O2. The van der Waals surface area contributed by atoms with E-state index in [1.165, 1.54) is 0 Å². The third kappa shape index (κ3) is 2.51. The quantitative estimate of drug-likeness (QED) is 0.686. The number of rotatable bonds is 2. The molecule has 9 heteroatoms. The Morgan fingerprint density at radius 2 is 1.88 bits per heavy atom. The lowest BCUT2D eigenvalue weighted by Gasteiger charge is -2.35. The summed E-state index contributed by atoms with van der Waals surface area (Å²) >= 11 is 0. The predicted molar refractivity (Wildman–Crippen MR) is 89.6 cm³/mol. The van der Waals surface area contributed by atoms with Crippen molar-refractivity contribution in [2.75, 3.05) is 31.1 Å². The summed E-state index contributed by atoms with van der Waals surface area (Å²) in [6, 6.07) is 0. The fraction of sp³-hybridized carbons (Fsp3) is 0.438. The van der Waals surface area contributed by atoms with Gasteiger partial charge in [0, 0.05) is 38.6 Å². The van der Waals surface area contributed by atoms with Gasteiger partial charge >= 0.3 is 0 Å². The van der Waals surface area contributed by atoms with Gasteiger partial charge in [-0.2, -0.15) is 0 Å². The number of piperazine rings is 1. The third-order valence-electron chi connectivity index (χ3n) is 4.59. The molecule has 0 atom stereocenters. The Hall–Kier alpha value is -2.97. The van der Waals surface area contributed by atoms with Crippen molar-refractivity contribution in [3.63, 3.8) is 0 Å². The van der Waals surface area contributed by atoms with Crippen molar-refractivity contribution in [1.29, 1.82) is 0 Å². The number of carbonyl (C=O) groups excluding carboxylic acids is 1. The maximum Gasteiger partial charge on any atom is 0.259 e. The summed E-state index contributed by atoms with van der Waals surface area (Å²) in [6.07, 6.45) is 3.60. The van der Waals surface area contributed by atoms with Crippen molar-refractivity contribution in [3.05, 3.63) is 35.2 Å². The van der Waals surface area contributed by atoms with Crippen LogP contribution in [0.3, 0.4) is 0 Å². The van der Waals surface area contributed by atoms with Gasteiger partial charge in [0.05, 0.1) is 5.69 Å². The number of amides is 1. The molecule has 4 rings (SSSR count). The lowest BCUT2D eigenvalue weighted by atomic mass is 10.1. The molecule has 0 aromatic carbocycles. The fourth-order valence-electron chi connectivity index (χ4n) is 3.22. The molecule has 4 heterocycles. The van der Waals surface area contributed by atoms with Crippen LogP contribution in [-0.4, -0.2) is 61.7 Å². The van der Waals surface area contributed by atoms with Gasteiger partial charge in [-0.15, -0.1) is 10.2 Å². The van der Waals surface area contributed by atoms with Crippen LogP contribution in [0.15, 0.2) is 16.9 Å². The van der Waals surface area contributed by atoms with Crippen LogP contribution in [-0.2, 0) is 0 Å². The molecule has 0 saturated carbocycles. The molecule has 1 amide bonds. The lowest BCUT2D eigenvalue weighted by Crippen LogP contribution is -2.49. The van der Waals surface area contributed by atoms with Crippen LogP contribution in [0.5, 0.6) is 0 Å². The summed E-state index contributed by atoms with van der Waals surface area (Å²) in [5.74, 6) is 2.16. The highest BCUT2D eigenvalue weighted by Crippen LogP contribution is 2.21. The first-order chi connectivity index (χ1) is 12.1. The predicted octanol–water partition coefficient (Wildman–Crippen LogP) is 1.000. The topological polar surface area (TPSA) is 92.7 Å². The van der Waals surface area contributed by atoms with Crippen molar-refractivity contribution in [2.45, 2.75) is 20.8 Å². The molecule has 1 saturated heterocycles. The second-order valence-corrected chi connectivity index (χ2v) is 6.17. The van der Waals surface area contributed by atoms with E-state index in [1.54, 1.807) is 20.0 Å². The Balaban J connectivity index is 1.52. The van der Waals surface area contributed by atoms with E-state index >= 15 is 0 Å². The van der Waals surface area contributed by atoms with Gasteiger partial charge in [-0.05, 0) is 20.8 Å². The number of aromatic nitrogens is 5. The van der Waals surface area contributed by atoms with E-state index in [2.05, 4.69) is 25.2 Å². The fourth-order valence-corrected chi connectivity index (χ4v) is 3.22. The molecule has 1 aliphatic heterocycles. The van der Waals surface area contributed by atoms with Gasteiger partial charge in [0.25, 0.3) is 5.91 Å². The minimum atomic E-state index is -0.0274. The highest BCUT2D eigenvalue weighted by molar-refractivity contribution is 5.96. The average Bonchev–Trinajstić information content (AvgIpc) is 3.17. The summed E-state index contributed by atoms with van der Waals surface area (Å²) in [7, 11) is 0. The normalized spacial score (nSPS) is 15.2. The second-order valence-electron chi connectivity index (χ2n) is 6.17. The number of carbonyl (C=O) groups is 1. The van der Waals surface area contributed by atoms with Crippen molar-refractivity contribution >= 4 is 17.4 Å². The van der Waals surface area contributed by atoms with E-state index in [0.29, 0.717) is 43.2 Å². The van der Waals surface area contributed by atoms with Gasteiger partial charge < -0.3 is 14.3 Å². The van der Waals surface area contributed by atoms with E-state index in [4.69, 9.17) is 4.52 Å². The number of hydrogen-bond donors (Lipinski definition) is 0. The maximum atomic E-state index is 12.7. The first-order valence-corrected chi connectivity index (χ1v) is 8.19. The highest BCUT2D eigenvalue weighted by atomic mass is 16.5. The zero-order valence-electron chi connectivity index (χ0n) is 14.4. The van der Waals surface area contributed by atoms with E-state index in [1.807, 2.05) is 22.4 Å². The van der Waals surface area contributed by atoms with Gasteiger partial charge in [0.2, 0.25) is 5.65 Å². The van der Waals surface area contributed by atoms with Crippen LogP contribution in [0.2, 0.25) is 0 Å². The Morgan fingerprint density at radius 1 is 1.12 bits per heavy atom. The Bertz CT molecular complexity index is 918. The molecule has 1 aliphatic rings. The van der Waals surface area contributed by atoms with Crippen LogP contribution < -0.4 is 4.90 Å². The van der Waals surface area contributed by atoms with Gasteiger partial charge in [-0.3, -0.25) is 9.20 Å². The third-order valence-corrected chi connectivity index (χ3v) is 4.59. The summed E-state index contributed by atoms with van der Waals surface area (Å²) in [5, 5.41) is 12.2. The second kappa shape index (κ2) is 5.83. The summed E-state index contributed by atoms with van der Waals surface area (Å²) < 4.78 is 7.03. The van der Waals surface area contributed by atoms with Gasteiger partial charge in [-0.25, -0.2) is 4.98 Å². The number of anilines is 1. The van der Waals surface area contributed by atoms with Crippen LogP contribution in [0.25, 0.3) is 5.65 Å². The summed E-state index contributed by atoms with van der Waals surface area (Å²) in [5.41, 5.74) is 1.95. The minimum Gasteiger partial charge on any atom is -0.361 e. The van der Waals surface area contributed by atoms with Gasteiger partial charge in [0.15, 0.2) is 5.82 Å². The molecular weight excluding hydrogens is 322 g/mol. The first-order valence-electron chi connectivity index (χ1n) is 8.19. The molecule has 0 spiro atoms. The SMILES string of the molecule is Cc1noc(C)c1C(=O)N1CCN(c2nccn3c(C)nnc23)CC1. The van der Waals surface area contributed by atoms with Crippen LogP contribution in [0.4, 0.5) is 5.82 Å². The lowest BCUT2D eigenvalue weighted by molar-refractivity contribution is 0.0744. The van der Waals surface area contributed by atoms with Crippen LogP contribution >= 0.6 is 0 Å². The van der Waals surface area contributed by atoms with Crippen molar-refractivity contribution < 1.29 is 9.32 Å². The molecule has 0 aliphatic carbocycles. The molecule has 25 heavy (non-hydrogen) atoms. The van der Waals surface area contributed by atoms with Crippen molar-refractivity contribution in [1.82, 2.24) is 29.6 Å². The van der Waals surface area contributed by atoms with Crippen molar-refractivity contribution in [3.8, 4) is 0 Å². The van der Waals surface area contributed by atoms with E-state index < -0.39 is 0 Å². The van der Waals surface area contributed by atoms with E-state index in [-0.39, 0.29) is 5.91 Å². The average molecular weight is 341 g/mol. The standard InChI is InChI=1S/C16H19N7O2/c1-10-13(11(2)25-20-10)16(24)22-8-6-21(7-9-22)14-15-19-18-12(3)23(15)5-4-17-14/h4-5H,6-9H2,1-3H3. The molecule has 3 aromatic rings. The molecule has 9 nitrogen and oxygen atoms in total. The first kappa shape index (κ1) is 15.6. The van der Waals surface area contributed by atoms with Crippen LogP contribution in [0, 0.1) is 20.8 Å². The number of fused-ring (bicyclic) bond motifs is 1. The Morgan fingerprint density at radius 3 is 2.56 bits per heavy atom. The zero-order chi connectivity index (χ0) is 17.6. The highest BCUT2D eigenvalue weighted by Gasteiger charge is 2.28. The van der Waals surface area contributed by atoms with E-state index in [0.717, 1.165) is 17.3 Å². The smallest absolute Gasteiger partial charge is 0.259 e. The number of hydrogen-bond acceptors (Lipinski definition) is 7. The molecule has 1 fully saturated rings. The maximum absolute atomic E-state index is 12.7. The van der Waals surface area contributed by atoms with Gasteiger partial charge in [0.1, 0.15) is 17.1 Å². The zero-order valence-corrected chi connectivity index (χ0v) is 14.4. The number of aryl methyl sites for hydroxylation is 3. The summed E-state index contributed by atoms with van der Waals surface area (Å²) in [4.78, 5) is 21.2. The molecule has 0 bridgehead atoms. The Labute approximate surface area is 144 Å². The van der Waals surface area contributed by atoms with E-state index in [9.17, 15) is 4.79 Å². The molecule has 3 aromatic heterocycles.